The molecule has 8 heteroatoms. The Balaban J connectivity index is 2.02. The SMILES string of the molecule is Cc1oc(=O)oc1Cn1nnc(COC(C)C)n1. The predicted molar refractivity (Wildman–Crippen MR) is 58.8 cm³/mol. The van der Waals surface area contributed by atoms with E-state index in [0.717, 1.165) is 0 Å². The quantitative estimate of drug-likeness (QED) is 0.766. The summed E-state index contributed by atoms with van der Waals surface area (Å²) in [6.45, 7) is 5.99. The van der Waals surface area contributed by atoms with E-state index in [2.05, 4.69) is 15.4 Å². The lowest BCUT2D eigenvalue weighted by molar-refractivity contribution is 0.0611. The van der Waals surface area contributed by atoms with Crippen LogP contribution in [0, 0.1) is 6.92 Å². The monoisotopic (exact) mass is 254 g/mol. The minimum absolute atomic E-state index is 0.103. The number of aromatic nitrogens is 4. The fourth-order valence-corrected chi connectivity index (χ4v) is 1.29. The summed E-state index contributed by atoms with van der Waals surface area (Å²) >= 11 is 0. The van der Waals surface area contributed by atoms with E-state index in [-0.39, 0.29) is 12.6 Å². The molecular formula is C10H14N4O4. The van der Waals surface area contributed by atoms with Crippen LogP contribution < -0.4 is 5.82 Å². The average Bonchev–Trinajstić information content (AvgIpc) is 2.84. The Morgan fingerprint density at radius 1 is 1.39 bits per heavy atom. The van der Waals surface area contributed by atoms with Gasteiger partial charge in [0.05, 0.1) is 6.10 Å². The standard InChI is InChI=1S/C10H14N4O4/c1-6(2)16-5-9-11-13-14(12-9)4-8-7(3)17-10(15)18-8/h6H,4-5H2,1-3H3. The van der Waals surface area contributed by atoms with Crippen molar-refractivity contribution >= 4 is 0 Å². The molecule has 0 amide bonds. The van der Waals surface area contributed by atoms with Crippen LogP contribution >= 0.6 is 0 Å². The van der Waals surface area contributed by atoms with Crippen LogP contribution in [0.25, 0.3) is 0 Å². The molecular weight excluding hydrogens is 240 g/mol. The average molecular weight is 254 g/mol. The van der Waals surface area contributed by atoms with Gasteiger partial charge in [-0.25, -0.2) is 4.79 Å². The minimum atomic E-state index is -0.731. The fourth-order valence-electron chi connectivity index (χ4n) is 1.29. The molecule has 0 unspecified atom stereocenters. The molecule has 8 nitrogen and oxygen atoms in total. The van der Waals surface area contributed by atoms with E-state index < -0.39 is 5.82 Å². The van der Waals surface area contributed by atoms with E-state index in [1.54, 1.807) is 6.92 Å². The number of aryl methyl sites for hydroxylation is 1. The highest BCUT2D eigenvalue weighted by Gasteiger charge is 2.11. The van der Waals surface area contributed by atoms with E-state index in [1.807, 2.05) is 13.8 Å². The highest BCUT2D eigenvalue weighted by molar-refractivity contribution is 4.99. The van der Waals surface area contributed by atoms with Crippen LogP contribution in [-0.2, 0) is 17.9 Å². The van der Waals surface area contributed by atoms with Gasteiger partial charge in [-0.15, -0.1) is 10.2 Å². The molecule has 0 aliphatic rings. The predicted octanol–water partition coefficient (Wildman–Crippen LogP) is 0.501. The smallest absolute Gasteiger partial charge is 0.396 e. The van der Waals surface area contributed by atoms with Crippen LogP contribution in [0.4, 0.5) is 0 Å². The topological polar surface area (TPSA) is 96.2 Å². The molecule has 0 aromatic carbocycles. The highest BCUT2D eigenvalue weighted by Crippen LogP contribution is 2.06. The molecule has 0 bridgehead atoms. The number of hydrogen-bond donors (Lipinski definition) is 0. The van der Waals surface area contributed by atoms with Gasteiger partial charge in [-0.1, -0.05) is 0 Å². The van der Waals surface area contributed by atoms with Gasteiger partial charge in [-0.2, -0.15) is 4.80 Å². The first-order chi connectivity index (χ1) is 8.54. The van der Waals surface area contributed by atoms with Crippen LogP contribution in [0.2, 0.25) is 0 Å². The lowest BCUT2D eigenvalue weighted by Crippen LogP contribution is -2.06. The van der Waals surface area contributed by atoms with Gasteiger partial charge in [-0.05, 0) is 26.0 Å². The first kappa shape index (κ1) is 12.5. The van der Waals surface area contributed by atoms with E-state index in [1.165, 1.54) is 4.80 Å². The number of ether oxygens (including phenoxy) is 1. The van der Waals surface area contributed by atoms with Gasteiger partial charge in [-0.3, -0.25) is 0 Å². The van der Waals surface area contributed by atoms with Crippen molar-refractivity contribution in [2.24, 2.45) is 0 Å². The van der Waals surface area contributed by atoms with Gasteiger partial charge >= 0.3 is 5.82 Å². The molecule has 0 atom stereocenters. The summed E-state index contributed by atoms with van der Waals surface area (Å²) in [5, 5.41) is 11.8. The second-order valence-corrected chi connectivity index (χ2v) is 4.03. The Morgan fingerprint density at radius 2 is 2.17 bits per heavy atom. The second-order valence-electron chi connectivity index (χ2n) is 4.03. The van der Waals surface area contributed by atoms with E-state index in [9.17, 15) is 4.79 Å². The molecule has 2 aromatic rings. The van der Waals surface area contributed by atoms with E-state index in [4.69, 9.17) is 13.6 Å². The van der Waals surface area contributed by atoms with Crippen LogP contribution in [0.1, 0.15) is 31.2 Å². The van der Waals surface area contributed by atoms with Crippen molar-refractivity contribution in [3.63, 3.8) is 0 Å². The molecule has 2 rings (SSSR count). The molecule has 0 saturated carbocycles. The van der Waals surface area contributed by atoms with Gasteiger partial charge < -0.3 is 13.6 Å². The molecule has 0 N–H and O–H groups in total. The third-order valence-electron chi connectivity index (χ3n) is 2.16. The van der Waals surface area contributed by atoms with Crippen molar-refractivity contribution < 1.29 is 13.6 Å². The maximum atomic E-state index is 10.9. The summed E-state index contributed by atoms with van der Waals surface area (Å²) in [6.07, 6.45) is 0.103. The minimum Gasteiger partial charge on any atom is -0.396 e. The number of nitrogens with zero attached hydrogens (tertiary/aromatic N) is 4. The van der Waals surface area contributed by atoms with Crippen molar-refractivity contribution in [1.29, 1.82) is 0 Å². The lowest BCUT2D eigenvalue weighted by Gasteiger charge is -2.02. The fraction of sp³-hybridized carbons (Fsp3) is 0.600. The zero-order valence-corrected chi connectivity index (χ0v) is 10.4. The molecule has 2 aromatic heterocycles. The largest absolute Gasteiger partial charge is 0.519 e. The molecule has 0 saturated heterocycles. The van der Waals surface area contributed by atoms with Gasteiger partial charge in [0.15, 0.2) is 11.6 Å². The summed E-state index contributed by atoms with van der Waals surface area (Å²) in [7, 11) is 0. The molecule has 98 valence electrons. The first-order valence-electron chi connectivity index (χ1n) is 5.52. The van der Waals surface area contributed by atoms with E-state index >= 15 is 0 Å². The first-order valence-corrected chi connectivity index (χ1v) is 5.52. The molecule has 0 fully saturated rings. The summed E-state index contributed by atoms with van der Waals surface area (Å²) in [5.41, 5.74) is 0. The molecule has 2 heterocycles. The van der Waals surface area contributed by atoms with Crippen LogP contribution in [-0.4, -0.2) is 26.3 Å². The Hall–Kier alpha value is -1.96. The van der Waals surface area contributed by atoms with Gasteiger partial charge in [0.2, 0.25) is 0 Å². The summed E-state index contributed by atoms with van der Waals surface area (Å²) in [4.78, 5) is 12.2. The number of tetrazole rings is 1. The van der Waals surface area contributed by atoms with E-state index in [0.29, 0.717) is 24.0 Å². The third kappa shape index (κ3) is 3.04. The Morgan fingerprint density at radius 3 is 2.78 bits per heavy atom. The summed E-state index contributed by atoms with van der Waals surface area (Å²) < 4.78 is 14.9. The number of rotatable bonds is 5. The Kier molecular flexibility index (Phi) is 3.56. The Labute approximate surface area is 103 Å². The maximum absolute atomic E-state index is 10.9. The van der Waals surface area contributed by atoms with Crippen molar-refractivity contribution in [3.8, 4) is 0 Å². The van der Waals surface area contributed by atoms with Crippen molar-refractivity contribution in [1.82, 2.24) is 20.2 Å². The molecule has 0 radical (unpaired) electrons. The summed E-state index contributed by atoms with van der Waals surface area (Å²) in [6, 6.07) is 0. The highest BCUT2D eigenvalue weighted by atomic mass is 16.6. The van der Waals surface area contributed by atoms with Crippen molar-refractivity contribution in [3.05, 3.63) is 28.0 Å². The van der Waals surface area contributed by atoms with Crippen molar-refractivity contribution in [2.45, 2.75) is 40.0 Å². The van der Waals surface area contributed by atoms with Crippen LogP contribution in [0.3, 0.4) is 0 Å². The van der Waals surface area contributed by atoms with Gasteiger partial charge in [0.1, 0.15) is 18.9 Å². The lowest BCUT2D eigenvalue weighted by atomic mass is 10.4. The molecule has 0 spiro atoms. The molecule has 0 aliphatic carbocycles. The molecule has 18 heavy (non-hydrogen) atoms. The number of hydrogen-bond acceptors (Lipinski definition) is 7. The maximum Gasteiger partial charge on any atom is 0.519 e. The normalized spacial score (nSPS) is 11.3. The zero-order chi connectivity index (χ0) is 13.1. The summed E-state index contributed by atoms with van der Waals surface area (Å²) in [5.74, 6) is 0.546. The van der Waals surface area contributed by atoms with Crippen molar-refractivity contribution in [2.75, 3.05) is 0 Å². The van der Waals surface area contributed by atoms with Gasteiger partial charge in [0, 0.05) is 0 Å². The van der Waals surface area contributed by atoms with Crippen LogP contribution in [0.15, 0.2) is 13.6 Å². The molecule has 0 aliphatic heterocycles. The van der Waals surface area contributed by atoms with Gasteiger partial charge in [0.25, 0.3) is 0 Å². The van der Waals surface area contributed by atoms with Crippen LogP contribution in [0.5, 0.6) is 0 Å². The second kappa shape index (κ2) is 5.13. The zero-order valence-electron chi connectivity index (χ0n) is 10.4. The third-order valence-corrected chi connectivity index (χ3v) is 2.16. The Bertz CT molecular complexity index is 568.